The Balaban J connectivity index is 0.00000196. The summed E-state index contributed by atoms with van der Waals surface area (Å²) in [4.78, 5) is 2.55. The van der Waals surface area contributed by atoms with Gasteiger partial charge < -0.3 is 10.1 Å². The van der Waals surface area contributed by atoms with E-state index in [1.54, 1.807) is 7.11 Å². The number of hydrogen-bond donors (Lipinski definition) is 1. The second-order valence-corrected chi connectivity index (χ2v) is 3.96. The Kier molecular flexibility index (Phi) is 9.51. The number of halogens is 1. The van der Waals surface area contributed by atoms with E-state index in [4.69, 9.17) is 4.74 Å². The fourth-order valence-electron chi connectivity index (χ4n) is 2.17. The van der Waals surface area contributed by atoms with Crippen LogP contribution in [0.2, 0.25) is 0 Å². The molecule has 15 heavy (non-hydrogen) atoms. The van der Waals surface area contributed by atoms with Crippen LogP contribution in [0.3, 0.4) is 0 Å². The lowest BCUT2D eigenvalue weighted by Gasteiger charge is -2.29. The van der Waals surface area contributed by atoms with Crippen molar-refractivity contribution in [3.8, 4) is 0 Å². The number of nitrogens with zero attached hydrogens (tertiary/aromatic N) is 1. The number of rotatable bonds is 5. The summed E-state index contributed by atoms with van der Waals surface area (Å²) in [6.45, 7) is 7.70. The highest BCUT2D eigenvalue weighted by atomic mass is 35.5. The average Bonchev–Trinajstić information content (AvgIpc) is 2.48. The number of methoxy groups -OCH3 is 1. The molecule has 1 aliphatic heterocycles. The van der Waals surface area contributed by atoms with Crippen molar-refractivity contribution in [1.29, 1.82) is 0 Å². The molecule has 1 saturated heterocycles. The highest BCUT2D eigenvalue weighted by molar-refractivity contribution is 5.85. The largest absolute Gasteiger partial charge is 0.383 e. The average molecular weight is 237 g/mol. The predicted octanol–water partition coefficient (Wildman–Crippen LogP) is 1.52. The number of likely N-dealkylation sites (N-methyl/N-ethyl adjacent to an activating group) is 1. The van der Waals surface area contributed by atoms with Gasteiger partial charge in [0.1, 0.15) is 0 Å². The zero-order chi connectivity index (χ0) is 10.2. The smallest absolute Gasteiger partial charge is 0.0589 e. The van der Waals surface area contributed by atoms with Gasteiger partial charge in [-0.2, -0.15) is 0 Å². The number of hydrogen-bond acceptors (Lipinski definition) is 3. The van der Waals surface area contributed by atoms with Crippen LogP contribution in [0.4, 0.5) is 0 Å². The highest BCUT2D eigenvalue weighted by Crippen LogP contribution is 2.12. The van der Waals surface area contributed by atoms with Crippen molar-refractivity contribution < 1.29 is 4.74 Å². The van der Waals surface area contributed by atoms with E-state index < -0.39 is 0 Å². The van der Waals surface area contributed by atoms with Gasteiger partial charge in [-0.3, -0.25) is 4.90 Å². The molecule has 1 N–H and O–H groups in total. The van der Waals surface area contributed by atoms with Gasteiger partial charge in [-0.15, -0.1) is 12.4 Å². The van der Waals surface area contributed by atoms with E-state index >= 15 is 0 Å². The van der Waals surface area contributed by atoms with Gasteiger partial charge in [0.15, 0.2) is 0 Å². The van der Waals surface area contributed by atoms with Crippen molar-refractivity contribution in [1.82, 2.24) is 10.2 Å². The molecule has 0 aromatic carbocycles. The number of nitrogens with one attached hydrogen (secondary N) is 1. The van der Waals surface area contributed by atoms with Crippen molar-refractivity contribution >= 4 is 12.4 Å². The molecule has 0 aliphatic carbocycles. The van der Waals surface area contributed by atoms with Crippen molar-refractivity contribution in [3.05, 3.63) is 0 Å². The third kappa shape index (κ3) is 5.71. The van der Waals surface area contributed by atoms with Crippen LogP contribution in [-0.4, -0.2) is 50.8 Å². The Bertz CT molecular complexity index is 139. The lowest BCUT2D eigenvalue weighted by atomic mass is 10.1. The highest BCUT2D eigenvalue weighted by Gasteiger charge is 2.17. The van der Waals surface area contributed by atoms with Crippen LogP contribution in [0.1, 0.15) is 26.2 Å². The molecule has 0 radical (unpaired) electrons. The fraction of sp³-hybridized carbons (Fsp3) is 1.00. The Hall–Kier alpha value is 0.170. The van der Waals surface area contributed by atoms with Crippen molar-refractivity contribution in [2.75, 3.05) is 39.9 Å². The Morgan fingerprint density at radius 3 is 2.80 bits per heavy atom. The molecule has 1 heterocycles. The second kappa shape index (κ2) is 9.40. The fourth-order valence-corrected chi connectivity index (χ4v) is 2.17. The minimum Gasteiger partial charge on any atom is -0.383 e. The molecule has 0 aromatic heterocycles. The molecule has 1 atom stereocenters. The third-order valence-electron chi connectivity index (χ3n) is 3.05. The minimum absolute atomic E-state index is 0. The quantitative estimate of drug-likeness (QED) is 0.784. The predicted molar refractivity (Wildman–Crippen MR) is 66.9 cm³/mol. The van der Waals surface area contributed by atoms with Crippen LogP contribution >= 0.6 is 12.4 Å². The molecule has 92 valence electrons. The van der Waals surface area contributed by atoms with Crippen LogP contribution < -0.4 is 5.32 Å². The van der Waals surface area contributed by atoms with E-state index in [2.05, 4.69) is 17.1 Å². The van der Waals surface area contributed by atoms with Crippen LogP contribution in [0.5, 0.6) is 0 Å². The summed E-state index contributed by atoms with van der Waals surface area (Å²) in [5.41, 5.74) is 0. The third-order valence-corrected chi connectivity index (χ3v) is 3.05. The summed E-state index contributed by atoms with van der Waals surface area (Å²) < 4.78 is 5.14. The first-order valence-electron chi connectivity index (χ1n) is 5.82. The van der Waals surface area contributed by atoms with Crippen molar-refractivity contribution in [2.24, 2.45) is 0 Å². The molecule has 3 nitrogen and oxygen atoms in total. The van der Waals surface area contributed by atoms with E-state index in [0.717, 1.165) is 25.7 Å². The lowest BCUT2D eigenvalue weighted by molar-refractivity contribution is 0.118. The van der Waals surface area contributed by atoms with Gasteiger partial charge in [0.2, 0.25) is 0 Å². The summed E-state index contributed by atoms with van der Waals surface area (Å²) in [5.74, 6) is 0. The Morgan fingerprint density at radius 1 is 1.33 bits per heavy atom. The van der Waals surface area contributed by atoms with Crippen molar-refractivity contribution in [3.63, 3.8) is 0 Å². The first-order chi connectivity index (χ1) is 6.88. The zero-order valence-corrected chi connectivity index (χ0v) is 10.8. The van der Waals surface area contributed by atoms with Crippen LogP contribution in [0, 0.1) is 0 Å². The molecule has 0 spiro atoms. The number of ether oxygens (including phenoxy) is 1. The van der Waals surface area contributed by atoms with Gasteiger partial charge in [0.25, 0.3) is 0 Å². The molecule has 0 amide bonds. The van der Waals surface area contributed by atoms with Gasteiger partial charge in [0, 0.05) is 19.7 Å². The first kappa shape index (κ1) is 15.2. The molecular weight excluding hydrogens is 212 g/mol. The SMILES string of the molecule is CCN(CCOC)C1CCCNCC1.Cl. The van der Waals surface area contributed by atoms with Gasteiger partial charge in [-0.25, -0.2) is 0 Å². The lowest BCUT2D eigenvalue weighted by Crippen LogP contribution is -2.38. The maximum absolute atomic E-state index is 5.14. The van der Waals surface area contributed by atoms with Crippen molar-refractivity contribution in [2.45, 2.75) is 32.2 Å². The normalized spacial score (nSPS) is 22.2. The molecule has 0 aromatic rings. The summed E-state index contributed by atoms with van der Waals surface area (Å²) >= 11 is 0. The van der Waals surface area contributed by atoms with E-state index in [9.17, 15) is 0 Å². The topological polar surface area (TPSA) is 24.5 Å². The maximum Gasteiger partial charge on any atom is 0.0589 e. The van der Waals surface area contributed by atoms with Gasteiger partial charge in [-0.1, -0.05) is 6.92 Å². The molecule has 4 heteroatoms. The summed E-state index contributed by atoms with van der Waals surface area (Å²) in [5, 5.41) is 3.45. The Labute approximate surface area is 100.0 Å². The molecule has 0 saturated carbocycles. The molecule has 1 rings (SSSR count). The summed E-state index contributed by atoms with van der Waals surface area (Å²) in [6.07, 6.45) is 3.94. The maximum atomic E-state index is 5.14. The van der Waals surface area contributed by atoms with Crippen LogP contribution in [0.25, 0.3) is 0 Å². The van der Waals surface area contributed by atoms with Crippen LogP contribution in [-0.2, 0) is 4.74 Å². The van der Waals surface area contributed by atoms with E-state index in [0.29, 0.717) is 0 Å². The molecule has 0 bridgehead atoms. The Morgan fingerprint density at radius 2 is 2.13 bits per heavy atom. The second-order valence-electron chi connectivity index (χ2n) is 3.96. The van der Waals surface area contributed by atoms with Gasteiger partial charge >= 0.3 is 0 Å². The zero-order valence-electron chi connectivity index (χ0n) is 10.00. The summed E-state index contributed by atoms with van der Waals surface area (Å²) in [7, 11) is 1.78. The van der Waals surface area contributed by atoms with E-state index in [-0.39, 0.29) is 12.4 Å². The molecule has 1 aliphatic rings. The summed E-state index contributed by atoms with van der Waals surface area (Å²) in [6, 6.07) is 0.769. The van der Waals surface area contributed by atoms with Gasteiger partial charge in [0.05, 0.1) is 6.61 Å². The van der Waals surface area contributed by atoms with E-state index in [1.165, 1.54) is 32.4 Å². The standard InChI is InChI=1S/C11H24N2O.ClH/c1-3-13(9-10-14-2)11-5-4-7-12-8-6-11;/h11-12H,3-10H2,1-2H3;1H. The molecular formula is C11H25ClN2O. The monoisotopic (exact) mass is 236 g/mol. The van der Waals surface area contributed by atoms with Gasteiger partial charge in [-0.05, 0) is 38.9 Å². The minimum atomic E-state index is 0. The molecule has 1 fully saturated rings. The molecule has 1 unspecified atom stereocenters. The van der Waals surface area contributed by atoms with E-state index in [1.807, 2.05) is 0 Å². The first-order valence-corrected chi connectivity index (χ1v) is 5.82. The van der Waals surface area contributed by atoms with Crippen LogP contribution in [0.15, 0.2) is 0 Å².